The number of hydrogen-bond acceptors (Lipinski definition) is 6. The summed E-state index contributed by atoms with van der Waals surface area (Å²) in [6.07, 6.45) is 1.22. The molecule has 5 rings (SSSR count). The van der Waals surface area contributed by atoms with E-state index in [1.165, 1.54) is 28.6 Å². The van der Waals surface area contributed by atoms with E-state index >= 15 is 0 Å². The van der Waals surface area contributed by atoms with Gasteiger partial charge in [0.25, 0.3) is 0 Å². The first-order valence-electron chi connectivity index (χ1n) is 13.1. The highest BCUT2D eigenvalue weighted by molar-refractivity contribution is 7.89. The van der Waals surface area contributed by atoms with Gasteiger partial charge in [0, 0.05) is 39.3 Å². The monoisotopic (exact) mass is 558 g/mol. The number of amides is 1. The standard InChI is InChI=1S/C28H32F2N4O4S/c1-19-27(20(2)38-31-19)39(36,37)34-13-3-4-23(18-34)28(35)33-16-14-32(15-17-33)26(21-5-9-24(29)10-6-21)22-7-11-25(30)12-8-22/h5-12,23,26H,3-4,13-18H2,1-2H3/t23-/m0/s1. The van der Waals surface area contributed by atoms with E-state index in [1.807, 2.05) is 0 Å². The highest BCUT2D eigenvalue weighted by atomic mass is 32.2. The molecule has 0 aliphatic carbocycles. The van der Waals surface area contributed by atoms with Gasteiger partial charge in [0.1, 0.15) is 22.2 Å². The SMILES string of the molecule is Cc1noc(C)c1S(=O)(=O)N1CCC[C@H](C(=O)N2CCN(C(c3ccc(F)cc3)c3ccc(F)cc3)CC2)C1. The van der Waals surface area contributed by atoms with Crippen molar-refractivity contribution in [1.29, 1.82) is 0 Å². The van der Waals surface area contributed by atoms with Crippen LogP contribution < -0.4 is 0 Å². The van der Waals surface area contributed by atoms with Crippen molar-refractivity contribution in [2.75, 3.05) is 39.3 Å². The molecule has 0 N–H and O–H groups in total. The van der Waals surface area contributed by atoms with Gasteiger partial charge in [-0.3, -0.25) is 9.69 Å². The normalized spacial score (nSPS) is 19.5. The first kappa shape index (κ1) is 27.4. The molecule has 0 saturated carbocycles. The molecule has 1 amide bonds. The molecule has 208 valence electrons. The summed E-state index contributed by atoms with van der Waals surface area (Å²) >= 11 is 0. The van der Waals surface area contributed by atoms with Gasteiger partial charge in [-0.25, -0.2) is 17.2 Å². The lowest BCUT2D eigenvalue weighted by Gasteiger charge is -2.41. The number of rotatable bonds is 6. The number of benzene rings is 2. The second kappa shape index (κ2) is 11.1. The first-order valence-corrected chi connectivity index (χ1v) is 14.6. The van der Waals surface area contributed by atoms with Crippen molar-refractivity contribution >= 4 is 15.9 Å². The second-order valence-corrected chi connectivity index (χ2v) is 12.1. The molecule has 2 saturated heterocycles. The van der Waals surface area contributed by atoms with Gasteiger partial charge in [0.05, 0.1) is 12.0 Å². The van der Waals surface area contributed by atoms with Crippen LogP contribution in [0, 0.1) is 31.4 Å². The second-order valence-electron chi connectivity index (χ2n) is 10.2. The molecule has 0 bridgehead atoms. The maximum atomic E-state index is 13.6. The van der Waals surface area contributed by atoms with Crippen LogP contribution in [-0.4, -0.2) is 72.9 Å². The number of aromatic nitrogens is 1. The minimum Gasteiger partial charge on any atom is -0.360 e. The Balaban J connectivity index is 1.28. The summed E-state index contributed by atoms with van der Waals surface area (Å²) in [7, 11) is -3.82. The summed E-state index contributed by atoms with van der Waals surface area (Å²) in [5.74, 6) is -0.886. The lowest BCUT2D eigenvalue weighted by molar-refractivity contribution is -0.138. The van der Waals surface area contributed by atoms with E-state index in [4.69, 9.17) is 4.52 Å². The summed E-state index contributed by atoms with van der Waals surface area (Å²) in [6.45, 7) is 5.73. The number of halogens is 2. The molecule has 2 aliphatic rings. The highest BCUT2D eigenvalue weighted by Gasteiger charge is 2.38. The molecule has 1 atom stereocenters. The summed E-state index contributed by atoms with van der Waals surface area (Å²) in [5, 5.41) is 3.78. The number of sulfonamides is 1. The number of aryl methyl sites for hydroxylation is 2. The minimum absolute atomic E-state index is 0.0478. The van der Waals surface area contributed by atoms with Gasteiger partial charge in [0.15, 0.2) is 5.76 Å². The predicted octanol–water partition coefficient (Wildman–Crippen LogP) is 3.90. The van der Waals surface area contributed by atoms with Crippen molar-refractivity contribution in [3.05, 3.63) is 82.7 Å². The van der Waals surface area contributed by atoms with Crippen LogP contribution in [-0.2, 0) is 14.8 Å². The summed E-state index contributed by atoms with van der Waals surface area (Å²) in [4.78, 5) is 17.6. The zero-order valence-electron chi connectivity index (χ0n) is 22.0. The molecule has 0 unspecified atom stereocenters. The lowest BCUT2D eigenvalue weighted by atomic mass is 9.95. The third kappa shape index (κ3) is 5.61. The fraction of sp³-hybridized carbons (Fsp3) is 0.429. The van der Waals surface area contributed by atoms with Crippen LogP contribution in [0.2, 0.25) is 0 Å². The Morgan fingerprint density at radius 3 is 2.00 bits per heavy atom. The van der Waals surface area contributed by atoms with E-state index in [9.17, 15) is 22.0 Å². The van der Waals surface area contributed by atoms with Crippen molar-refractivity contribution in [3.63, 3.8) is 0 Å². The number of carbonyl (C=O) groups excluding carboxylic acids is 1. The molecule has 1 aromatic heterocycles. The van der Waals surface area contributed by atoms with Crippen LogP contribution >= 0.6 is 0 Å². The number of hydrogen-bond donors (Lipinski definition) is 0. The average Bonchev–Trinajstić information content (AvgIpc) is 3.29. The third-order valence-corrected chi connectivity index (χ3v) is 9.77. The van der Waals surface area contributed by atoms with E-state index in [0.29, 0.717) is 51.3 Å². The molecule has 2 aliphatic heterocycles. The van der Waals surface area contributed by atoms with Crippen LogP contribution in [0.4, 0.5) is 8.78 Å². The van der Waals surface area contributed by atoms with Gasteiger partial charge in [-0.15, -0.1) is 0 Å². The maximum absolute atomic E-state index is 13.6. The molecule has 8 nitrogen and oxygen atoms in total. The van der Waals surface area contributed by atoms with Crippen molar-refractivity contribution in [1.82, 2.24) is 19.3 Å². The molecular weight excluding hydrogens is 526 g/mol. The van der Waals surface area contributed by atoms with E-state index in [-0.39, 0.29) is 40.8 Å². The number of piperidine rings is 1. The molecule has 39 heavy (non-hydrogen) atoms. The van der Waals surface area contributed by atoms with Crippen molar-refractivity contribution in [2.45, 2.75) is 37.6 Å². The fourth-order valence-electron chi connectivity index (χ4n) is 5.70. The molecule has 3 heterocycles. The summed E-state index contributed by atoms with van der Waals surface area (Å²) < 4.78 is 60.3. The van der Waals surface area contributed by atoms with E-state index in [1.54, 1.807) is 43.0 Å². The fourth-order valence-corrected chi connectivity index (χ4v) is 7.51. The zero-order chi connectivity index (χ0) is 27.7. The van der Waals surface area contributed by atoms with Crippen molar-refractivity contribution in [2.24, 2.45) is 5.92 Å². The van der Waals surface area contributed by atoms with Crippen molar-refractivity contribution < 1.29 is 26.5 Å². The van der Waals surface area contributed by atoms with Gasteiger partial charge >= 0.3 is 0 Å². The topological polar surface area (TPSA) is 87.0 Å². The van der Waals surface area contributed by atoms with E-state index in [0.717, 1.165) is 11.1 Å². The first-order chi connectivity index (χ1) is 18.6. The molecular formula is C28H32F2N4O4S. The van der Waals surface area contributed by atoms with Crippen LogP contribution in [0.1, 0.15) is 41.5 Å². The number of piperazine rings is 1. The zero-order valence-corrected chi connectivity index (χ0v) is 22.8. The summed E-state index contributed by atoms with van der Waals surface area (Å²) in [6, 6.07) is 12.4. The molecule has 3 aromatic rings. The number of carbonyl (C=O) groups is 1. The Bertz CT molecular complexity index is 1350. The Hall–Kier alpha value is -3.15. The van der Waals surface area contributed by atoms with Gasteiger partial charge in [-0.2, -0.15) is 4.31 Å². The Morgan fingerprint density at radius 2 is 1.49 bits per heavy atom. The molecule has 0 radical (unpaired) electrons. The van der Waals surface area contributed by atoms with Gasteiger partial charge in [-0.05, 0) is 62.1 Å². The van der Waals surface area contributed by atoms with Gasteiger partial charge in [0.2, 0.25) is 15.9 Å². The minimum atomic E-state index is -3.82. The molecule has 2 fully saturated rings. The maximum Gasteiger partial charge on any atom is 0.248 e. The van der Waals surface area contributed by atoms with Gasteiger partial charge < -0.3 is 9.42 Å². The van der Waals surface area contributed by atoms with Crippen molar-refractivity contribution in [3.8, 4) is 0 Å². The third-order valence-electron chi connectivity index (χ3n) is 7.66. The van der Waals surface area contributed by atoms with Crippen LogP contribution in [0.5, 0.6) is 0 Å². The lowest BCUT2D eigenvalue weighted by Crippen LogP contribution is -2.53. The van der Waals surface area contributed by atoms with Gasteiger partial charge in [-0.1, -0.05) is 29.4 Å². The van der Waals surface area contributed by atoms with E-state index < -0.39 is 15.9 Å². The highest BCUT2D eigenvalue weighted by Crippen LogP contribution is 2.32. The Kier molecular flexibility index (Phi) is 7.84. The van der Waals surface area contributed by atoms with E-state index in [2.05, 4.69) is 10.1 Å². The van der Waals surface area contributed by atoms with Crippen LogP contribution in [0.25, 0.3) is 0 Å². The summed E-state index contributed by atoms with van der Waals surface area (Å²) in [5.41, 5.74) is 2.08. The molecule has 0 spiro atoms. The predicted molar refractivity (Wildman–Crippen MR) is 140 cm³/mol. The smallest absolute Gasteiger partial charge is 0.248 e. The quantitative estimate of drug-likeness (QED) is 0.456. The molecule has 2 aromatic carbocycles. The Labute approximate surface area is 227 Å². The number of nitrogens with zero attached hydrogens (tertiary/aromatic N) is 4. The molecule has 11 heteroatoms. The van der Waals surface area contributed by atoms with Crippen LogP contribution in [0.3, 0.4) is 0 Å². The largest absolute Gasteiger partial charge is 0.360 e. The average molecular weight is 559 g/mol. The van der Waals surface area contributed by atoms with Crippen LogP contribution in [0.15, 0.2) is 57.9 Å². The Morgan fingerprint density at radius 1 is 0.923 bits per heavy atom.